The zero-order valence-electron chi connectivity index (χ0n) is 13.6. The lowest BCUT2D eigenvalue weighted by molar-refractivity contribution is -0.275. The molecule has 0 aliphatic heterocycles. The van der Waals surface area contributed by atoms with E-state index in [1.807, 2.05) is 0 Å². The number of amides is 1. The van der Waals surface area contributed by atoms with Crippen molar-refractivity contribution in [2.45, 2.75) is 26.3 Å². The van der Waals surface area contributed by atoms with Crippen LogP contribution in [-0.4, -0.2) is 23.0 Å². The van der Waals surface area contributed by atoms with E-state index in [9.17, 15) is 27.2 Å². The lowest BCUT2D eigenvalue weighted by Crippen LogP contribution is -2.23. The van der Waals surface area contributed by atoms with Gasteiger partial charge in [0, 0.05) is 30.4 Å². The summed E-state index contributed by atoms with van der Waals surface area (Å²) in [5.41, 5.74) is 0.946. The molecule has 0 atom stereocenters. The molecule has 1 aromatic heterocycles. The molecule has 0 aliphatic carbocycles. The van der Waals surface area contributed by atoms with E-state index in [0.717, 1.165) is 12.1 Å². The van der Waals surface area contributed by atoms with E-state index in [1.54, 1.807) is 0 Å². The number of pyridine rings is 1. The molecular weight excluding hydrogens is 356 g/mol. The van der Waals surface area contributed by atoms with Crippen LogP contribution < -0.4 is 10.1 Å². The Labute approximate surface area is 146 Å². The van der Waals surface area contributed by atoms with Gasteiger partial charge in [0.15, 0.2) is 11.6 Å². The zero-order valence-corrected chi connectivity index (χ0v) is 13.6. The predicted octanol–water partition coefficient (Wildman–Crippen LogP) is 3.18. The fourth-order valence-corrected chi connectivity index (χ4v) is 2.12. The van der Waals surface area contributed by atoms with Crippen molar-refractivity contribution in [3.63, 3.8) is 0 Å². The molecule has 9 heteroatoms. The molecule has 138 valence electrons. The summed E-state index contributed by atoms with van der Waals surface area (Å²) in [5.74, 6) is -2.74. The minimum Gasteiger partial charge on any atom is -0.403 e. The number of aromatic nitrogens is 1. The molecule has 0 fully saturated rings. The summed E-state index contributed by atoms with van der Waals surface area (Å²) in [6.07, 6.45) is -3.52. The second-order valence-corrected chi connectivity index (χ2v) is 5.41. The highest BCUT2D eigenvalue weighted by Crippen LogP contribution is 2.26. The molecule has 26 heavy (non-hydrogen) atoms. The zero-order chi connectivity index (χ0) is 19.3. The minimum absolute atomic E-state index is 0.0903. The van der Waals surface area contributed by atoms with Crippen molar-refractivity contribution in [1.82, 2.24) is 10.3 Å². The van der Waals surface area contributed by atoms with Crippen molar-refractivity contribution in [2.24, 2.45) is 0 Å². The maximum absolute atomic E-state index is 13.6. The molecule has 2 rings (SSSR count). The molecule has 0 unspecified atom stereocenters. The Kier molecular flexibility index (Phi) is 5.91. The highest BCUT2D eigenvalue weighted by molar-refractivity contribution is 5.94. The largest absolute Gasteiger partial charge is 0.573 e. The van der Waals surface area contributed by atoms with E-state index < -0.39 is 23.8 Å². The Morgan fingerprint density at radius 3 is 2.54 bits per heavy atom. The van der Waals surface area contributed by atoms with Gasteiger partial charge in [0.05, 0.1) is 0 Å². The number of hydrogen-bond acceptors (Lipinski definition) is 4. The average Bonchev–Trinajstić information content (AvgIpc) is 2.53. The van der Waals surface area contributed by atoms with Crippen molar-refractivity contribution < 1.29 is 31.9 Å². The van der Waals surface area contributed by atoms with Gasteiger partial charge in [-0.3, -0.25) is 14.6 Å². The number of carbonyl (C=O) groups excluding carboxylic acids is 2. The molecule has 0 aliphatic rings. The van der Waals surface area contributed by atoms with Gasteiger partial charge in [-0.15, -0.1) is 13.2 Å². The summed E-state index contributed by atoms with van der Waals surface area (Å²) >= 11 is 0. The monoisotopic (exact) mass is 370 g/mol. The second-order valence-electron chi connectivity index (χ2n) is 5.41. The van der Waals surface area contributed by atoms with Crippen LogP contribution in [0.5, 0.6) is 5.75 Å². The first-order valence-corrected chi connectivity index (χ1v) is 7.41. The predicted molar refractivity (Wildman–Crippen MR) is 82.9 cm³/mol. The van der Waals surface area contributed by atoms with Gasteiger partial charge in [0.2, 0.25) is 0 Å². The fourth-order valence-electron chi connectivity index (χ4n) is 2.12. The highest BCUT2D eigenvalue weighted by Gasteiger charge is 2.32. The number of halogens is 4. The van der Waals surface area contributed by atoms with Gasteiger partial charge < -0.3 is 10.1 Å². The highest BCUT2D eigenvalue weighted by atomic mass is 19.4. The molecule has 5 nitrogen and oxygen atoms in total. The fraction of sp³-hybridized carbons (Fsp3) is 0.235. The molecule has 0 radical (unpaired) electrons. The first-order valence-electron chi connectivity index (χ1n) is 7.41. The van der Waals surface area contributed by atoms with Crippen LogP contribution in [0.3, 0.4) is 0 Å². The quantitative estimate of drug-likeness (QED) is 0.793. The van der Waals surface area contributed by atoms with Crippen LogP contribution in [0.1, 0.15) is 28.5 Å². The Balaban J connectivity index is 2.01. The summed E-state index contributed by atoms with van der Waals surface area (Å²) in [6, 6.07) is 5.78. The van der Waals surface area contributed by atoms with Crippen molar-refractivity contribution in [2.75, 3.05) is 0 Å². The van der Waals surface area contributed by atoms with Crippen molar-refractivity contribution in [3.8, 4) is 5.75 Å². The number of nitrogens with zero attached hydrogens (tertiary/aromatic N) is 1. The van der Waals surface area contributed by atoms with E-state index in [2.05, 4.69) is 15.0 Å². The van der Waals surface area contributed by atoms with Gasteiger partial charge >= 0.3 is 6.36 Å². The van der Waals surface area contributed by atoms with Crippen LogP contribution in [0.15, 0.2) is 36.5 Å². The summed E-state index contributed by atoms with van der Waals surface area (Å²) in [4.78, 5) is 27.2. The van der Waals surface area contributed by atoms with E-state index in [4.69, 9.17) is 0 Å². The Bertz CT molecular complexity index is 822. The summed E-state index contributed by atoms with van der Waals surface area (Å²) in [7, 11) is 0. The number of rotatable bonds is 6. The van der Waals surface area contributed by atoms with Crippen LogP contribution in [0.4, 0.5) is 17.6 Å². The standard InChI is InChI=1S/C17H14F4N2O3/c1-10(24)6-13-8-12(4-5-22-13)16(25)23-9-11-2-3-15(14(18)7-11)26-17(19,20)21/h2-5,7-8H,6,9H2,1H3,(H,23,25). The van der Waals surface area contributed by atoms with Gasteiger partial charge in [-0.05, 0) is 36.8 Å². The number of benzene rings is 1. The van der Waals surface area contributed by atoms with E-state index >= 15 is 0 Å². The molecule has 1 amide bonds. The number of hydrogen-bond donors (Lipinski definition) is 1. The normalized spacial score (nSPS) is 11.1. The lowest BCUT2D eigenvalue weighted by atomic mass is 10.1. The molecular formula is C17H14F4N2O3. The number of alkyl halides is 3. The van der Waals surface area contributed by atoms with Gasteiger partial charge in [0.25, 0.3) is 5.91 Å². The number of nitrogens with one attached hydrogen (secondary N) is 1. The van der Waals surface area contributed by atoms with Crippen LogP contribution in [-0.2, 0) is 17.8 Å². The lowest BCUT2D eigenvalue weighted by Gasteiger charge is -2.11. The summed E-state index contributed by atoms with van der Waals surface area (Å²) < 4.78 is 53.5. The van der Waals surface area contributed by atoms with Crippen LogP contribution >= 0.6 is 0 Å². The van der Waals surface area contributed by atoms with Crippen molar-refractivity contribution in [3.05, 3.63) is 59.2 Å². The average molecular weight is 370 g/mol. The van der Waals surface area contributed by atoms with Gasteiger partial charge in [-0.25, -0.2) is 4.39 Å². The number of Topliss-reactive ketones (excluding diaryl/α,β-unsaturated/α-hetero) is 1. The maximum Gasteiger partial charge on any atom is 0.573 e. The Morgan fingerprint density at radius 1 is 1.19 bits per heavy atom. The molecule has 1 N–H and O–H groups in total. The topological polar surface area (TPSA) is 68.3 Å². The van der Waals surface area contributed by atoms with E-state index in [1.165, 1.54) is 31.3 Å². The third kappa shape index (κ3) is 5.83. The summed E-state index contributed by atoms with van der Waals surface area (Å²) in [6.45, 7) is 1.29. The second kappa shape index (κ2) is 7.94. The first-order chi connectivity index (χ1) is 12.1. The van der Waals surface area contributed by atoms with Gasteiger partial charge in [0.1, 0.15) is 5.78 Å². The summed E-state index contributed by atoms with van der Waals surface area (Å²) in [5, 5.41) is 2.51. The third-order valence-corrected chi connectivity index (χ3v) is 3.18. The number of ketones is 1. The molecule has 0 saturated carbocycles. The van der Waals surface area contributed by atoms with Crippen molar-refractivity contribution in [1.29, 1.82) is 0 Å². The van der Waals surface area contributed by atoms with E-state index in [0.29, 0.717) is 5.69 Å². The van der Waals surface area contributed by atoms with Crippen molar-refractivity contribution >= 4 is 11.7 Å². The minimum atomic E-state index is -4.99. The SMILES string of the molecule is CC(=O)Cc1cc(C(=O)NCc2ccc(OC(F)(F)F)c(F)c2)ccn1. The maximum atomic E-state index is 13.6. The number of ether oxygens (including phenoxy) is 1. The van der Waals surface area contributed by atoms with E-state index in [-0.39, 0.29) is 29.9 Å². The van der Waals surface area contributed by atoms with Crippen LogP contribution in [0, 0.1) is 5.82 Å². The van der Waals surface area contributed by atoms with Gasteiger partial charge in [-0.1, -0.05) is 6.07 Å². The third-order valence-electron chi connectivity index (χ3n) is 3.18. The molecule has 0 saturated heterocycles. The van der Waals surface area contributed by atoms with Gasteiger partial charge in [-0.2, -0.15) is 0 Å². The smallest absolute Gasteiger partial charge is 0.403 e. The molecule has 1 aromatic carbocycles. The molecule has 0 bridgehead atoms. The Morgan fingerprint density at radius 2 is 1.92 bits per heavy atom. The number of carbonyl (C=O) groups is 2. The Hall–Kier alpha value is -2.97. The molecule has 1 heterocycles. The molecule has 0 spiro atoms. The van der Waals surface area contributed by atoms with Crippen LogP contribution in [0.2, 0.25) is 0 Å². The first kappa shape index (κ1) is 19.4. The van der Waals surface area contributed by atoms with Crippen LogP contribution in [0.25, 0.3) is 0 Å². The molecule has 2 aromatic rings.